The van der Waals surface area contributed by atoms with Crippen LogP contribution >= 0.6 is 0 Å². The molecular formula is C22H19NO7. The quantitative estimate of drug-likeness (QED) is 0.489. The minimum absolute atomic E-state index is 0.178. The molecular weight excluding hydrogens is 390 g/mol. The van der Waals surface area contributed by atoms with E-state index in [4.69, 9.17) is 24.4 Å². The monoisotopic (exact) mass is 409 g/mol. The zero-order valence-electron chi connectivity index (χ0n) is 16.1. The fraction of sp³-hybridized carbons (Fsp3) is 0.227. The lowest BCUT2D eigenvalue weighted by atomic mass is 9.88. The standard InChI is InChI=1S/C22H19NO7/c1-2-27-22(26)20-17(12-7-9-13(10-8-12)28-11-16(23)24)18-19(30-20)14-5-3-4-6-15(14)29-21(18)25/h3-10,17,20H,2,11H2,1H3,(H2,23,24)/t17-,20+/m1/s1. The summed E-state index contributed by atoms with van der Waals surface area (Å²) in [6.45, 7) is 1.62. The number of benzene rings is 2. The molecule has 0 fully saturated rings. The molecule has 1 aliphatic rings. The lowest BCUT2D eigenvalue weighted by Gasteiger charge is -2.17. The fourth-order valence-electron chi connectivity index (χ4n) is 3.55. The Labute approximate surface area is 171 Å². The molecule has 2 N–H and O–H groups in total. The maximum atomic E-state index is 12.8. The normalized spacial score (nSPS) is 17.2. The molecule has 1 aromatic heterocycles. The number of ether oxygens (including phenoxy) is 3. The molecule has 4 rings (SSSR count). The summed E-state index contributed by atoms with van der Waals surface area (Å²) in [4.78, 5) is 36.3. The molecule has 0 bridgehead atoms. The van der Waals surface area contributed by atoms with Gasteiger partial charge in [0.2, 0.25) is 6.10 Å². The van der Waals surface area contributed by atoms with Crippen molar-refractivity contribution in [1.82, 2.24) is 0 Å². The van der Waals surface area contributed by atoms with Crippen LogP contribution in [-0.4, -0.2) is 31.2 Å². The van der Waals surface area contributed by atoms with Crippen molar-refractivity contribution < 1.29 is 28.2 Å². The summed E-state index contributed by atoms with van der Waals surface area (Å²) in [6, 6.07) is 13.6. The molecule has 0 unspecified atom stereocenters. The minimum Gasteiger partial charge on any atom is -0.484 e. The van der Waals surface area contributed by atoms with Gasteiger partial charge in [0.15, 0.2) is 6.61 Å². The molecule has 2 atom stereocenters. The van der Waals surface area contributed by atoms with E-state index >= 15 is 0 Å². The third-order valence-electron chi connectivity index (χ3n) is 4.80. The van der Waals surface area contributed by atoms with Crippen LogP contribution in [0.4, 0.5) is 0 Å². The van der Waals surface area contributed by atoms with E-state index < -0.39 is 29.5 Å². The SMILES string of the molecule is CCOC(=O)[C@H]1Oc2c(c(=O)oc3ccccc23)[C@H]1c1ccc(OCC(N)=O)cc1. The van der Waals surface area contributed by atoms with E-state index in [-0.39, 0.29) is 18.8 Å². The van der Waals surface area contributed by atoms with Gasteiger partial charge in [0.1, 0.15) is 17.1 Å². The van der Waals surface area contributed by atoms with Crippen molar-refractivity contribution >= 4 is 22.8 Å². The van der Waals surface area contributed by atoms with Gasteiger partial charge in [-0.2, -0.15) is 0 Å². The van der Waals surface area contributed by atoms with Gasteiger partial charge in [-0.15, -0.1) is 0 Å². The molecule has 1 amide bonds. The van der Waals surface area contributed by atoms with Crippen molar-refractivity contribution in [3.8, 4) is 11.5 Å². The molecule has 0 aliphatic carbocycles. The number of rotatable bonds is 6. The molecule has 154 valence electrons. The highest BCUT2D eigenvalue weighted by atomic mass is 16.6. The van der Waals surface area contributed by atoms with Gasteiger partial charge in [0.05, 0.1) is 23.5 Å². The van der Waals surface area contributed by atoms with Crippen LogP contribution in [0.5, 0.6) is 11.5 Å². The summed E-state index contributed by atoms with van der Waals surface area (Å²) in [7, 11) is 0. The largest absolute Gasteiger partial charge is 0.484 e. The zero-order chi connectivity index (χ0) is 21.3. The van der Waals surface area contributed by atoms with E-state index in [1.54, 1.807) is 55.5 Å². The first-order valence-corrected chi connectivity index (χ1v) is 9.39. The smallest absolute Gasteiger partial charge is 0.348 e. The average Bonchev–Trinajstić information content (AvgIpc) is 3.14. The third-order valence-corrected chi connectivity index (χ3v) is 4.80. The Kier molecular flexibility index (Phi) is 5.14. The number of fused-ring (bicyclic) bond motifs is 3. The Balaban J connectivity index is 1.80. The first-order chi connectivity index (χ1) is 14.5. The first-order valence-electron chi connectivity index (χ1n) is 9.39. The molecule has 3 aromatic rings. The van der Waals surface area contributed by atoms with E-state index in [1.807, 2.05) is 0 Å². The van der Waals surface area contributed by atoms with Crippen LogP contribution in [0.3, 0.4) is 0 Å². The maximum Gasteiger partial charge on any atom is 0.348 e. The van der Waals surface area contributed by atoms with Crippen LogP contribution < -0.4 is 20.8 Å². The van der Waals surface area contributed by atoms with Gasteiger partial charge in [0, 0.05) is 0 Å². The number of esters is 1. The van der Waals surface area contributed by atoms with Gasteiger partial charge in [-0.05, 0) is 36.8 Å². The van der Waals surface area contributed by atoms with Crippen molar-refractivity contribution in [3.63, 3.8) is 0 Å². The molecule has 0 spiro atoms. The Morgan fingerprint density at radius 1 is 1.10 bits per heavy atom. The zero-order valence-corrected chi connectivity index (χ0v) is 16.1. The van der Waals surface area contributed by atoms with Crippen LogP contribution in [0.2, 0.25) is 0 Å². The fourth-order valence-corrected chi connectivity index (χ4v) is 3.55. The van der Waals surface area contributed by atoms with Crippen molar-refractivity contribution in [3.05, 3.63) is 70.1 Å². The minimum atomic E-state index is -1.04. The van der Waals surface area contributed by atoms with Crippen LogP contribution in [0.25, 0.3) is 11.0 Å². The summed E-state index contributed by atoms with van der Waals surface area (Å²) in [5.41, 5.74) is 5.79. The molecule has 8 heteroatoms. The van der Waals surface area contributed by atoms with E-state index in [9.17, 15) is 14.4 Å². The molecule has 0 saturated heterocycles. The van der Waals surface area contributed by atoms with Crippen molar-refractivity contribution in [1.29, 1.82) is 0 Å². The topological polar surface area (TPSA) is 118 Å². The molecule has 2 aromatic carbocycles. The molecule has 1 aliphatic heterocycles. The van der Waals surface area contributed by atoms with Gasteiger partial charge in [-0.25, -0.2) is 9.59 Å². The number of nitrogens with two attached hydrogens (primary N) is 1. The lowest BCUT2D eigenvalue weighted by molar-refractivity contribution is -0.151. The summed E-state index contributed by atoms with van der Waals surface area (Å²) in [5, 5.41) is 0.602. The Morgan fingerprint density at radius 2 is 1.83 bits per heavy atom. The summed E-state index contributed by atoms with van der Waals surface area (Å²) in [6.07, 6.45) is -1.04. The second kappa shape index (κ2) is 7.90. The Bertz CT molecular complexity index is 1170. The van der Waals surface area contributed by atoms with Gasteiger partial charge in [-0.1, -0.05) is 24.3 Å². The predicted molar refractivity (Wildman–Crippen MR) is 107 cm³/mol. The molecule has 30 heavy (non-hydrogen) atoms. The number of para-hydroxylation sites is 1. The van der Waals surface area contributed by atoms with Crippen molar-refractivity contribution in [2.75, 3.05) is 13.2 Å². The number of carbonyl (C=O) groups excluding carboxylic acids is 2. The van der Waals surface area contributed by atoms with Crippen molar-refractivity contribution in [2.45, 2.75) is 18.9 Å². The lowest BCUT2D eigenvalue weighted by Crippen LogP contribution is -2.32. The second-order valence-corrected chi connectivity index (χ2v) is 6.72. The number of primary amides is 1. The second-order valence-electron chi connectivity index (χ2n) is 6.72. The third kappa shape index (κ3) is 3.47. The average molecular weight is 409 g/mol. The van der Waals surface area contributed by atoms with Gasteiger partial charge in [0.25, 0.3) is 5.91 Å². The summed E-state index contributed by atoms with van der Waals surface area (Å²) in [5.74, 6) is -1.14. The summed E-state index contributed by atoms with van der Waals surface area (Å²) < 4.78 is 21.9. The number of carbonyl (C=O) groups is 2. The highest BCUT2D eigenvalue weighted by Gasteiger charge is 2.45. The molecule has 0 saturated carbocycles. The summed E-state index contributed by atoms with van der Waals surface area (Å²) >= 11 is 0. The predicted octanol–water partition coefficient (Wildman–Crippen LogP) is 2.11. The van der Waals surface area contributed by atoms with Gasteiger partial charge >= 0.3 is 11.6 Å². The highest BCUT2D eigenvalue weighted by Crippen LogP contribution is 2.44. The molecule has 8 nitrogen and oxygen atoms in total. The number of hydrogen-bond donors (Lipinski definition) is 1. The van der Waals surface area contributed by atoms with Gasteiger partial charge in [-0.3, -0.25) is 4.79 Å². The number of amides is 1. The molecule has 0 radical (unpaired) electrons. The van der Waals surface area contributed by atoms with Crippen molar-refractivity contribution in [2.24, 2.45) is 5.73 Å². The Hall–Kier alpha value is -3.81. The first kappa shape index (κ1) is 19.5. The van der Waals surface area contributed by atoms with E-state index in [0.29, 0.717) is 28.0 Å². The maximum absolute atomic E-state index is 12.8. The number of hydrogen-bond acceptors (Lipinski definition) is 7. The molecule has 2 heterocycles. The van der Waals surface area contributed by atoms with E-state index in [0.717, 1.165) is 0 Å². The van der Waals surface area contributed by atoms with Gasteiger partial charge < -0.3 is 24.4 Å². The van der Waals surface area contributed by atoms with Crippen LogP contribution in [0.1, 0.15) is 24.0 Å². The van der Waals surface area contributed by atoms with E-state index in [1.165, 1.54) is 0 Å². The van der Waals surface area contributed by atoms with E-state index in [2.05, 4.69) is 0 Å². The Morgan fingerprint density at radius 3 is 2.53 bits per heavy atom. The van der Waals surface area contributed by atoms with Crippen LogP contribution in [0, 0.1) is 0 Å². The highest BCUT2D eigenvalue weighted by molar-refractivity contribution is 5.88. The van der Waals surface area contributed by atoms with Crippen LogP contribution in [-0.2, 0) is 14.3 Å². The van der Waals surface area contributed by atoms with Crippen LogP contribution in [0.15, 0.2) is 57.7 Å².